The number of morpholine rings is 1. The van der Waals surface area contributed by atoms with Gasteiger partial charge in [-0.3, -0.25) is 4.79 Å². The molecule has 6 nitrogen and oxygen atoms in total. The summed E-state index contributed by atoms with van der Waals surface area (Å²) in [5.41, 5.74) is 2.72. The Morgan fingerprint density at radius 3 is 2.45 bits per heavy atom. The number of carbonyl (C=O) groups is 1. The van der Waals surface area contributed by atoms with E-state index in [1.54, 1.807) is 6.20 Å². The van der Waals surface area contributed by atoms with E-state index in [2.05, 4.69) is 60.7 Å². The van der Waals surface area contributed by atoms with Crippen molar-refractivity contribution < 1.29 is 9.53 Å². The molecule has 1 amide bonds. The first-order valence-electron chi connectivity index (χ1n) is 10.9. The number of fused-ring (bicyclic) bond motifs is 1. The van der Waals surface area contributed by atoms with Gasteiger partial charge in [-0.25, -0.2) is 4.68 Å². The highest BCUT2D eigenvalue weighted by Crippen LogP contribution is 2.40. The molecule has 1 N–H and O–H groups in total. The molecule has 3 heterocycles. The van der Waals surface area contributed by atoms with Gasteiger partial charge in [-0.2, -0.15) is 5.10 Å². The number of nitrogens with one attached hydrogen (secondary N) is 1. The van der Waals surface area contributed by atoms with Crippen molar-refractivity contribution in [3.63, 3.8) is 0 Å². The van der Waals surface area contributed by atoms with Crippen molar-refractivity contribution in [1.82, 2.24) is 14.7 Å². The highest BCUT2D eigenvalue weighted by atomic mass is 16.5. The van der Waals surface area contributed by atoms with E-state index in [1.807, 2.05) is 33.8 Å². The van der Waals surface area contributed by atoms with E-state index in [0.29, 0.717) is 25.3 Å². The second-order valence-electron chi connectivity index (χ2n) is 8.94. The van der Waals surface area contributed by atoms with Crippen LogP contribution >= 0.6 is 0 Å². The Bertz CT molecular complexity index is 1060. The number of aromatic nitrogens is 2. The first-order valence-corrected chi connectivity index (χ1v) is 10.9. The summed E-state index contributed by atoms with van der Waals surface area (Å²) in [4.78, 5) is 15.7. The standard InChI is InChI=1S/C25H28N4O2/c1-25(2)15-21(18-9-5-3-6-10-18)27-23-20(16-26-29(23)25)24(30)28-13-14-31-17-22(28)19-11-7-4-8-12-19/h3-12,16,21-22,27H,13-15,17H2,1-2H3/t21?,22-/m1/s1. The van der Waals surface area contributed by atoms with E-state index in [0.717, 1.165) is 17.8 Å². The van der Waals surface area contributed by atoms with E-state index in [4.69, 9.17) is 4.74 Å². The maximum atomic E-state index is 13.7. The molecule has 1 saturated heterocycles. The fourth-order valence-corrected chi connectivity index (χ4v) is 4.74. The largest absolute Gasteiger partial charge is 0.377 e. The molecule has 6 heteroatoms. The molecule has 1 aromatic heterocycles. The Balaban J connectivity index is 1.49. The SMILES string of the molecule is CC1(C)CC(c2ccccc2)Nc2c(C(=O)N3CCOC[C@@H]3c3ccccc3)cnn21. The summed E-state index contributed by atoms with van der Waals surface area (Å²) in [6.45, 7) is 5.97. The summed E-state index contributed by atoms with van der Waals surface area (Å²) in [6.07, 6.45) is 2.61. The normalized spacial score (nSPS) is 22.5. The second kappa shape index (κ2) is 7.85. The van der Waals surface area contributed by atoms with Crippen molar-refractivity contribution in [3.8, 4) is 0 Å². The lowest BCUT2D eigenvalue weighted by atomic mass is 9.89. The quantitative estimate of drug-likeness (QED) is 0.688. The number of amides is 1. The molecule has 5 rings (SSSR count). The molecule has 31 heavy (non-hydrogen) atoms. The average Bonchev–Trinajstić information content (AvgIpc) is 3.24. The van der Waals surface area contributed by atoms with E-state index >= 15 is 0 Å². The minimum Gasteiger partial charge on any atom is -0.377 e. The highest BCUT2D eigenvalue weighted by molar-refractivity contribution is 5.99. The summed E-state index contributed by atoms with van der Waals surface area (Å²) in [7, 11) is 0. The van der Waals surface area contributed by atoms with Gasteiger partial charge in [-0.1, -0.05) is 60.7 Å². The van der Waals surface area contributed by atoms with Gasteiger partial charge in [-0.15, -0.1) is 0 Å². The fourth-order valence-electron chi connectivity index (χ4n) is 4.74. The van der Waals surface area contributed by atoms with E-state index in [1.165, 1.54) is 5.56 Å². The number of nitrogens with zero attached hydrogens (tertiary/aromatic N) is 3. The van der Waals surface area contributed by atoms with E-state index in [-0.39, 0.29) is 23.5 Å². The average molecular weight is 417 g/mol. The van der Waals surface area contributed by atoms with Crippen LogP contribution in [0.15, 0.2) is 66.9 Å². The molecule has 2 aliphatic heterocycles. The van der Waals surface area contributed by atoms with Crippen molar-refractivity contribution in [3.05, 3.63) is 83.6 Å². The van der Waals surface area contributed by atoms with Crippen molar-refractivity contribution in [2.24, 2.45) is 0 Å². The minimum atomic E-state index is -0.205. The predicted molar refractivity (Wildman–Crippen MR) is 120 cm³/mol. The molecule has 2 atom stereocenters. The van der Waals surface area contributed by atoms with Gasteiger partial charge in [0, 0.05) is 6.54 Å². The zero-order valence-electron chi connectivity index (χ0n) is 18.0. The molecule has 0 bridgehead atoms. The lowest BCUT2D eigenvalue weighted by Crippen LogP contribution is -2.44. The van der Waals surface area contributed by atoms with Gasteiger partial charge in [0.15, 0.2) is 0 Å². The van der Waals surface area contributed by atoms with Gasteiger partial charge in [0.05, 0.1) is 37.0 Å². The third-order valence-electron chi connectivity index (χ3n) is 6.36. The molecule has 0 spiro atoms. The summed E-state index contributed by atoms with van der Waals surface area (Å²) < 4.78 is 7.69. The number of hydrogen-bond acceptors (Lipinski definition) is 4. The lowest BCUT2D eigenvalue weighted by Gasteiger charge is -2.39. The number of carbonyl (C=O) groups excluding carboxylic acids is 1. The fraction of sp³-hybridized carbons (Fsp3) is 0.360. The van der Waals surface area contributed by atoms with Crippen LogP contribution in [0.25, 0.3) is 0 Å². The van der Waals surface area contributed by atoms with Gasteiger partial charge >= 0.3 is 0 Å². The number of anilines is 1. The zero-order chi connectivity index (χ0) is 21.4. The van der Waals surface area contributed by atoms with Crippen LogP contribution in [-0.2, 0) is 10.3 Å². The highest BCUT2D eigenvalue weighted by Gasteiger charge is 2.38. The first-order chi connectivity index (χ1) is 15.0. The van der Waals surface area contributed by atoms with Crippen LogP contribution < -0.4 is 5.32 Å². The van der Waals surface area contributed by atoms with Crippen LogP contribution in [0, 0.1) is 0 Å². The molecular formula is C25H28N4O2. The lowest BCUT2D eigenvalue weighted by molar-refractivity contribution is -0.00266. The summed E-state index contributed by atoms with van der Waals surface area (Å²) in [6, 6.07) is 20.5. The van der Waals surface area contributed by atoms with Gasteiger partial charge in [0.2, 0.25) is 0 Å². The van der Waals surface area contributed by atoms with Crippen LogP contribution in [0.2, 0.25) is 0 Å². The molecular weight excluding hydrogens is 388 g/mol. The maximum absolute atomic E-state index is 13.7. The Labute approximate surface area is 182 Å². The van der Waals surface area contributed by atoms with Crippen LogP contribution in [0.5, 0.6) is 0 Å². The molecule has 160 valence electrons. The van der Waals surface area contributed by atoms with E-state index in [9.17, 15) is 4.79 Å². The smallest absolute Gasteiger partial charge is 0.259 e. The van der Waals surface area contributed by atoms with Crippen LogP contribution in [0.3, 0.4) is 0 Å². The Morgan fingerprint density at radius 1 is 1.06 bits per heavy atom. The van der Waals surface area contributed by atoms with Crippen molar-refractivity contribution >= 4 is 11.7 Å². The summed E-state index contributed by atoms with van der Waals surface area (Å²) in [5.74, 6) is 0.795. The summed E-state index contributed by atoms with van der Waals surface area (Å²) >= 11 is 0. The topological polar surface area (TPSA) is 59.4 Å². The van der Waals surface area contributed by atoms with Crippen LogP contribution in [0.1, 0.15) is 53.8 Å². The summed E-state index contributed by atoms with van der Waals surface area (Å²) in [5, 5.41) is 8.24. The maximum Gasteiger partial charge on any atom is 0.259 e. The number of hydrogen-bond donors (Lipinski definition) is 1. The molecule has 3 aromatic rings. The Kier molecular flexibility index (Phi) is 5.02. The number of rotatable bonds is 3. The second-order valence-corrected chi connectivity index (χ2v) is 8.94. The van der Waals surface area contributed by atoms with Gasteiger partial charge in [0.25, 0.3) is 5.91 Å². The zero-order valence-corrected chi connectivity index (χ0v) is 18.0. The molecule has 2 aromatic carbocycles. The first kappa shape index (κ1) is 19.8. The van der Waals surface area contributed by atoms with Gasteiger partial charge in [0.1, 0.15) is 11.4 Å². The molecule has 2 aliphatic rings. The van der Waals surface area contributed by atoms with Crippen molar-refractivity contribution in [2.75, 3.05) is 25.1 Å². The monoisotopic (exact) mass is 416 g/mol. The van der Waals surface area contributed by atoms with E-state index < -0.39 is 0 Å². The van der Waals surface area contributed by atoms with Crippen molar-refractivity contribution in [1.29, 1.82) is 0 Å². The molecule has 1 fully saturated rings. The third-order valence-corrected chi connectivity index (χ3v) is 6.36. The Morgan fingerprint density at radius 2 is 1.74 bits per heavy atom. The molecule has 0 saturated carbocycles. The number of benzene rings is 2. The number of ether oxygens (including phenoxy) is 1. The van der Waals surface area contributed by atoms with Crippen LogP contribution in [-0.4, -0.2) is 40.3 Å². The molecule has 0 aliphatic carbocycles. The molecule has 1 unspecified atom stereocenters. The third kappa shape index (κ3) is 3.61. The van der Waals surface area contributed by atoms with Crippen molar-refractivity contribution in [2.45, 2.75) is 37.9 Å². The minimum absolute atomic E-state index is 0.00425. The van der Waals surface area contributed by atoms with Crippen LogP contribution in [0.4, 0.5) is 5.82 Å². The Hall–Kier alpha value is -3.12. The van der Waals surface area contributed by atoms with Gasteiger partial charge < -0.3 is 15.0 Å². The van der Waals surface area contributed by atoms with Gasteiger partial charge in [-0.05, 0) is 31.4 Å². The predicted octanol–water partition coefficient (Wildman–Crippen LogP) is 4.39. The molecule has 0 radical (unpaired) electrons.